The van der Waals surface area contributed by atoms with Gasteiger partial charge >= 0.3 is 0 Å². The molecule has 0 radical (unpaired) electrons. The van der Waals surface area contributed by atoms with E-state index in [0.29, 0.717) is 0 Å². The molecule has 4 rings (SSSR count). The lowest BCUT2D eigenvalue weighted by Crippen LogP contribution is -2.46. The van der Waals surface area contributed by atoms with E-state index in [1.807, 2.05) is 12.1 Å². The molecule has 8 nitrogen and oxygen atoms in total. The summed E-state index contributed by atoms with van der Waals surface area (Å²) in [4.78, 5) is 14.4. The second kappa shape index (κ2) is 8.57. The van der Waals surface area contributed by atoms with Crippen molar-refractivity contribution in [3.05, 3.63) is 42.2 Å². The van der Waals surface area contributed by atoms with Gasteiger partial charge in [0.15, 0.2) is 11.6 Å². The van der Waals surface area contributed by atoms with Crippen molar-refractivity contribution >= 4 is 22.7 Å². The number of benzene rings is 1. The van der Waals surface area contributed by atoms with E-state index in [1.54, 1.807) is 19.5 Å². The van der Waals surface area contributed by atoms with Crippen LogP contribution in [0.2, 0.25) is 0 Å². The Balaban J connectivity index is 1.49. The number of aromatic nitrogens is 4. The first-order valence-electron chi connectivity index (χ1n) is 9.97. The Morgan fingerprint density at radius 3 is 2.45 bits per heavy atom. The largest absolute Gasteiger partial charge is 0.497 e. The number of nitrogens with one attached hydrogen (secondary N) is 1. The lowest BCUT2D eigenvalue weighted by molar-refractivity contribution is 0.249. The maximum Gasteiger partial charge on any atom is 0.172 e. The molecule has 2 aromatic heterocycles. The molecule has 3 aromatic rings. The van der Waals surface area contributed by atoms with Gasteiger partial charge < -0.3 is 15.0 Å². The van der Waals surface area contributed by atoms with Crippen molar-refractivity contribution in [1.29, 1.82) is 0 Å². The van der Waals surface area contributed by atoms with E-state index in [4.69, 9.17) is 14.7 Å². The van der Waals surface area contributed by atoms with Crippen LogP contribution in [0, 0.1) is 0 Å². The van der Waals surface area contributed by atoms with Gasteiger partial charge in [0.25, 0.3) is 0 Å². The number of piperazine rings is 1. The van der Waals surface area contributed by atoms with Crippen LogP contribution in [-0.2, 0) is 6.54 Å². The number of nitrogens with zero attached hydrogens (tertiary/aromatic N) is 6. The lowest BCUT2D eigenvalue weighted by Gasteiger charge is -2.36. The molecule has 1 aliphatic heterocycles. The molecular weight excluding hydrogens is 366 g/mol. The van der Waals surface area contributed by atoms with E-state index >= 15 is 0 Å². The normalized spacial score (nSPS) is 15.1. The molecule has 1 aliphatic rings. The van der Waals surface area contributed by atoms with Gasteiger partial charge in [0.1, 0.15) is 16.8 Å². The molecule has 1 saturated heterocycles. The van der Waals surface area contributed by atoms with Gasteiger partial charge in [-0.15, -0.1) is 0 Å². The molecule has 1 fully saturated rings. The molecule has 1 aromatic carbocycles. The quantitative estimate of drug-likeness (QED) is 0.685. The van der Waals surface area contributed by atoms with Crippen molar-refractivity contribution in [1.82, 2.24) is 25.1 Å². The Labute approximate surface area is 170 Å². The Kier molecular flexibility index (Phi) is 5.71. The SMILES string of the molecule is COc1cccc(CN2CCN(c3nc4cnncc4nc3NC(C)C)CC2)c1. The standard InChI is InChI=1S/C21H27N7O/c1-15(2)24-20-21(26-19-13-23-22-12-18(19)25-20)28-9-7-27(8-10-28)14-16-5-4-6-17(11-16)29-3/h4-6,11-13,15H,7-10,14H2,1-3H3,(H,24,25). The highest BCUT2D eigenvalue weighted by Crippen LogP contribution is 2.26. The summed E-state index contributed by atoms with van der Waals surface area (Å²) in [7, 11) is 1.71. The van der Waals surface area contributed by atoms with Crippen molar-refractivity contribution in [2.24, 2.45) is 0 Å². The molecule has 8 heteroatoms. The molecule has 0 unspecified atom stereocenters. The van der Waals surface area contributed by atoms with Gasteiger partial charge in [0.05, 0.1) is 19.5 Å². The summed E-state index contributed by atoms with van der Waals surface area (Å²) in [5.74, 6) is 2.60. The topological polar surface area (TPSA) is 79.3 Å². The van der Waals surface area contributed by atoms with Crippen LogP contribution < -0.4 is 15.0 Å². The Bertz CT molecular complexity index is 970. The van der Waals surface area contributed by atoms with Gasteiger partial charge in [-0.05, 0) is 31.5 Å². The van der Waals surface area contributed by atoms with Crippen LogP contribution >= 0.6 is 0 Å². The minimum Gasteiger partial charge on any atom is -0.497 e. The second-order valence-electron chi connectivity index (χ2n) is 7.57. The molecule has 0 amide bonds. The Morgan fingerprint density at radius 2 is 1.76 bits per heavy atom. The van der Waals surface area contributed by atoms with Crippen molar-refractivity contribution in [3.8, 4) is 5.75 Å². The van der Waals surface area contributed by atoms with Crippen LogP contribution in [0.3, 0.4) is 0 Å². The molecule has 0 saturated carbocycles. The maximum atomic E-state index is 5.34. The van der Waals surface area contributed by atoms with E-state index in [2.05, 4.69) is 51.3 Å². The number of rotatable bonds is 6. The first-order chi connectivity index (χ1) is 14.1. The summed E-state index contributed by atoms with van der Waals surface area (Å²) in [6, 6.07) is 8.54. The summed E-state index contributed by atoms with van der Waals surface area (Å²) in [6.45, 7) is 8.85. The van der Waals surface area contributed by atoms with Gasteiger partial charge in [-0.25, -0.2) is 9.97 Å². The third-order valence-electron chi connectivity index (χ3n) is 5.00. The summed E-state index contributed by atoms with van der Waals surface area (Å²) >= 11 is 0. The summed E-state index contributed by atoms with van der Waals surface area (Å²) < 4.78 is 5.34. The van der Waals surface area contributed by atoms with Gasteiger partial charge in [0.2, 0.25) is 0 Å². The highest BCUT2D eigenvalue weighted by molar-refractivity contribution is 5.79. The number of methoxy groups -OCH3 is 1. The molecule has 3 heterocycles. The first-order valence-corrected chi connectivity index (χ1v) is 9.97. The number of hydrogen-bond acceptors (Lipinski definition) is 8. The average Bonchev–Trinajstić information content (AvgIpc) is 2.73. The third-order valence-corrected chi connectivity index (χ3v) is 5.00. The fourth-order valence-electron chi connectivity index (χ4n) is 3.56. The Morgan fingerprint density at radius 1 is 1.03 bits per heavy atom. The van der Waals surface area contributed by atoms with Crippen LogP contribution in [0.25, 0.3) is 11.0 Å². The van der Waals surface area contributed by atoms with Gasteiger partial charge in [-0.3, -0.25) is 4.90 Å². The maximum absolute atomic E-state index is 5.34. The van der Waals surface area contributed by atoms with Crippen LogP contribution in [0.1, 0.15) is 19.4 Å². The predicted molar refractivity (Wildman–Crippen MR) is 114 cm³/mol. The molecule has 1 N–H and O–H groups in total. The number of hydrogen-bond donors (Lipinski definition) is 1. The van der Waals surface area contributed by atoms with Crippen LogP contribution in [0.5, 0.6) is 5.75 Å². The van der Waals surface area contributed by atoms with E-state index in [-0.39, 0.29) is 6.04 Å². The van der Waals surface area contributed by atoms with Crippen LogP contribution in [0.4, 0.5) is 11.6 Å². The summed E-state index contributed by atoms with van der Waals surface area (Å²) in [5, 5.41) is 11.3. The smallest absolute Gasteiger partial charge is 0.172 e. The highest BCUT2D eigenvalue weighted by atomic mass is 16.5. The summed E-state index contributed by atoms with van der Waals surface area (Å²) in [6.07, 6.45) is 3.33. The first kappa shape index (κ1) is 19.3. The average molecular weight is 393 g/mol. The zero-order valence-electron chi connectivity index (χ0n) is 17.2. The molecule has 0 atom stereocenters. The van der Waals surface area contributed by atoms with Gasteiger partial charge in [-0.1, -0.05) is 12.1 Å². The Hall–Kier alpha value is -3.00. The monoisotopic (exact) mass is 393 g/mol. The van der Waals surface area contributed by atoms with Gasteiger partial charge in [0, 0.05) is 38.8 Å². The lowest BCUT2D eigenvalue weighted by atomic mass is 10.2. The molecular formula is C21H27N7O. The third kappa shape index (κ3) is 4.54. The second-order valence-corrected chi connectivity index (χ2v) is 7.57. The van der Waals surface area contributed by atoms with Crippen LogP contribution in [-0.4, -0.2) is 64.4 Å². The highest BCUT2D eigenvalue weighted by Gasteiger charge is 2.22. The number of ether oxygens (including phenoxy) is 1. The predicted octanol–water partition coefficient (Wildman–Crippen LogP) is 2.57. The zero-order chi connectivity index (χ0) is 20.2. The molecule has 0 spiro atoms. The summed E-state index contributed by atoms with van der Waals surface area (Å²) in [5.41, 5.74) is 2.79. The number of fused-ring (bicyclic) bond motifs is 1. The van der Waals surface area contributed by atoms with Crippen molar-refractivity contribution in [3.63, 3.8) is 0 Å². The van der Waals surface area contributed by atoms with E-state index in [0.717, 1.165) is 61.1 Å². The van der Waals surface area contributed by atoms with E-state index in [1.165, 1.54) is 5.56 Å². The number of anilines is 2. The molecule has 152 valence electrons. The molecule has 0 aliphatic carbocycles. The van der Waals surface area contributed by atoms with E-state index in [9.17, 15) is 0 Å². The van der Waals surface area contributed by atoms with Crippen molar-refractivity contribution in [2.75, 3.05) is 43.5 Å². The molecule has 0 bridgehead atoms. The minimum absolute atomic E-state index is 0.268. The van der Waals surface area contributed by atoms with E-state index < -0.39 is 0 Å². The molecule has 29 heavy (non-hydrogen) atoms. The van der Waals surface area contributed by atoms with Crippen molar-refractivity contribution in [2.45, 2.75) is 26.4 Å². The van der Waals surface area contributed by atoms with Gasteiger partial charge in [-0.2, -0.15) is 10.2 Å². The van der Waals surface area contributed by atoms with Crippen molar-refractivity contribution < 1.29 is 4.74 Å². The van der Waals surface area contributed by atoms with Crippen LogP contribution in [0.15, 0.2) is 36.7 Å². The fourth-order valence-corrected chi connectivity index (χ4v) is 3.56. The zero-order valence-corrected chi connectivity index (χ0v) is 17.2. The fraction of sp³-hybridized carbons (Fsp3) is 0.429. The minimum atomic E-state index is 0.268.